The molecule has 1 N–H and O–H groups in total. The first-order chi connectivity index (χ1) is 10.2. The number of carbonyl (C=O) groups excluding carboxylic acids is 1. The van der Waals surface area contributed by atoms with E-state index in [0.29, 0.717) is 12.0 Å². The molecular formula is C17H23N3O. The maximum atomic E-state index is 12.0. The Kier molecular flexibility index (Phi) is 5.77. The first-order valence-corrected chi connectivity index (χ1v) is 7.73. The van der Waals surface area contributed by atoms with Crippen LogP contribution in [0.25, 0.3) is 0 Å². The van der Waals surface area contributed by atoms with Crippen molar-refractivity contribution in [1.82, 2.24) is 4.90 Å². The van der Waals surface area contributed by atoms with Crippen molar-refractivity contribution in [3.05, 3.63) is 29.8 Å². The van der Waals surface area contributed by atoms with Crippen molar-refractivity contribution in [2.24, 2.45) is 5.92 Å². The van der Waals surface area contributed by atoms with Crippen LogP contribution in [0.2, 0.25) is 0 Å². The summed E-state index contributed by atoms with van der Waals surface area (Å²) in [5.74, 6) is 0.898. The number of rotatable bonds is 8. The van der Waals surface area contributed by atoms with Crippen LogP contribution < -0.4 is 5.32 Å². The van der Waals surface area contributed by atoms with Crippen molar-refractivity contribution in [2.45, 2.75) is 32.6 Å². The SMILES string of the molecule is CCCN(CCC(=O)Nc1ccc(C#N)cc1)CC1CC1. The van der Waals surface area contributed by atoms with Gasteiger partial charge in [0.1, 0.15) is 0 Å². The second kappa shape index (κ2) is 7.80. The highest BCUT2D eigenvalue weighted by atomic mass is 16.1. The summed E-state index contributed by atoms with van der Waals surface area (Å²) >= 11 is 0. The van der Waals surface area contributed by atoms with E-state index in [1.165, 1.54) is 12.8 Å². The molecule has 4 nitrogen and oxygen atoms in total. The minimum absolute atomic E-state index is 0.0385. The molecule has 0 heterocycles. The molecule has 0 radical (unpaired) electrons. The van der Waals surface area contributed by atoms with Crippen molar-refractivity contribution >= 4 is 11.6 Å². The Balaban J connectivity index is 1.75. The summed E-state index contributed by atoms with van der Waals surface area (Å²) in [5, 5.41) is 11.6. The van der Waals surface area contributed by atoms with Gasteiger partial charge in [0.15, 0.2) is 0 Å². The Morgan fingerprint density at radius 3 is 2.62 bits per heavy atom. The van der Waals surface area contributed by atoms with Crippen molar-refractivity contribution in [2.75, 3.05) is 25.0 Å². The van der Waals surface area contributed by atoms with Gasteiger partial charge in [0.2, 0.25) is 5.91 Å². The fourth-order valence-electron chi connectivity index (χ4n) is 2.39. The maximum absolute atomic E-state index is 12.0. The highest BCUT2D eigenvalue weighted by molar-refractivity contribution is 5.90. The molecule has 0 spiro atoms. The molecule has 0 atom stereocenters. The van der Waals surface area contributed by atoms with E-state index in [9.17, 15) is 4.79 Å². The fourth-order valence-corrected chi connectivity index (χ4v) is 2.39. The zero-order valence-corrected chi connectivity index (χ0v) is 12.6. The van der Waals surface area contributed by atoms with Gasteiger partial charge in [-0.3, -0.25) is 4.79 Å². The number of hydrogen-bond acceptors (Lipinski definition) is 3. The smallest absolute Gasteiger partial charge is 0.225 e. The number of nitrogens with one attached hydrogen (secondary N) is 1. The van der Waals surface area contributed by atoms with E-state index in [2.05, 4.69) is 23.2 Å². The van der Waals surface area contributed by atoms with Crippen molar-refractivity contribution in [1.29, 1.82) is 5.26 Å². The van der Waals surface area contributed by atoms with E-state index < -0.39 is 0 Å². The monoisotopic (exact) mass is 285 g/mol. The van der Waals surface area contributed by atoms with E-state index >= 15 is 0 Å². The molecule has 4 heteroatoms. The molecule has 1 aliphatic rings. The molecule has 1 saturated carbocycles. The Morgan fingerprint density at radius 1 is 1.33 bits per heavy atom. The molecule has 0 saturated heterocycles. The predicted octanol–water partition coefficient (Wildman–Crippen LogP) is 3.01. The first kappa shape index (κ1) is 15.5. The van der Waals surface area contributed by atoms with Gasteiger partial charge in [0, 0.05) is 25.2 Å². The zero-order chi connectivity index (χ0) is 15.1. The minimum Gasteiger partial charge on any atom is -0.326 e. The van der Waals surface area contributed by atoms with Gasteiger partial charge >= 0.3 is 0 Å². The minimum atomic E-state index is 0.0385. The summed E-state index contributed by atoms with van der Waals surface area (Å²) in [5.41, 5.74) is 1.36. The van der Waals surface area contributed by atoms with Crippen molar-refractivity contribution in [3.63, 3.8) is 0 Å². The van der Waals surface area contributed by atoms with Gasteiger partial charge in [-0.25, -0.2) is 0 Å². The predicted molar refractivity (Wildman–Crippen MR) is 83.9 cm³/mol. The van der Waals surface area contributed by atoms with Crippen LogP contribution >= 0.6 is 0 Å². The van der Waals surface area contributed by atoms with E-state index in [1.54, 1.807) is 24.3 Å². The summed E-state index contributed by atoms with van der Waals surface area (Å²) in [6, 6.07) is 9.03. The number of benzene rings is 1. The van der Waals surface area contributed by atoms with Crippen molar-refractivity contribution < 1.29 is 4.79 Å². The average Bonchev–Trinajstić information content (AvgIpc) is 3.30. The van der Waals surface area contributed by atoms with E-state index in [-0.39, 0.29) is 5.91 Å². The molecule has 1 aliphatic carbocycles. The lowest BCUT2D eigenvalue weighted by Crippen LogP contribution is -2.30. The zero-order valence-electron chi connectivity index (χ0n) is 12.6. The number of carbonyl (C=O) groups is 1. The highest BCUT2D eigenvalue weighted by Crippen LogP contribution is 2.29. The summed E-state index contributed by atoms with van der Waals surface area (Å²) in [6.07, 6.45) is 4.34. The average molecular weight is 285 g/mol. The molecule has 1 fully saturated rings. The summed E-state index contributed by atoms with van der Waals surface area (Å²) in [7, 11) is 0. The van der Waals surface area contributed by atoms with Crippen LogP contribution in [0, 0.1) is 17.2 Å². The fraction of sp³-hybridized carbons (Fsp3) is 0.529. The van der Waals surface area contributed by atoms with Crippen LogP contribution in [0.1, 0.15) is 38.2 Å². The lowest BCUT2D eigenvalue weighted by atomic mass is 10.2. The first-order valence-electron chi connectivity index (χ1n) is 7.73. The molecule has 112 valence electrons. The van der Waals surface area contributed by atoms with Gasteiger partial charge < -0.3 is 10.2 Å². The quantitative estimate of drug-likeness (QED) is 0.799. The second-order valence-electron chi connectivity index (χ2n) is 5.73. The third-order valence-corrected chi connectivity index (χ3v) is 3.71. The summed E-state index contributed by atoms with van der Waals surface area (Å²) < 4.78 is 0. The third kappa shape index (κ3) is 5.57. The van der Waals surface area contributed by atoms with E-state index in [4.69, 9.17) is 5.26 Å². The molecule has 1 aromatic rings. The highest BCUT2D eigenvalue weighted by Gasteiger charge is 2.24. The molecular weight excluding hydrogens is 262 g/mol. The van der Waals surface area contributed by atoms with Gasteiger partial charge in [0.05, 0.1) is 11.6 Å². The Bertz CT molecular complexity index is 500. The van der Waals surface area contributed by atoms with Gasteiger partial charge in [-0.15, -0.1) is 0 Å². The summed E-state index contributed by atoms with van der Waals surface area (Å²) in [4.78, 5) is 14.4. The molecule has 0 bridgehead atoms. The molecule has 21 heavy (non-hydrogen) atoms. The number of amides is 1. The molecule has 1 aromatic carbocycles. The Labute approximate surface area is 126 Å². The topological polar surface area (TPSA) is 56.1 Å². The van der Waals surface area contributed by atoms with Gasteiger partial charge in [-0.2, -0.15) is 5.26 Å². The van der Waals surface area contributed by atoms with Crippen LogP contribution in [0.15, 0.2) is 24.3 Å². The van der Waals surface area contributed by atoms with E-state index in [1.807, 2.05) is 0 Å². The maximum Gasteiger partial charge on any atom is 0.225 e. The lowest BCUT2D eigenvalue weighted by Gasteiger charge is -2.21. The van der Waals surface area contributed by atoms with Gasteiger partial charge in [0.25, 0.3) is 0 Å². The molecule has 2 rings (SSSR count). The van der Waals surface area contributed by atoms with Crippen LogP contribution in [0.5, 0.6) is 0 Å². The Morgan fingerprint density at radius 2 is 2.05 bits per heavy atom. The number of hydrogen-bond donors (Lipinski definition) is 1. The van der Waals surface area contributed by atoms with Gasteiger partial charge in [-0.1, -0.05) is 6.92 Å². The molecule has 1 amide bonds. The number of nitrogens with zero attached hydrogens (tertiary/aromatic N) is 2. The van der Waals surface area contributed by atoms with Crippen LogP contribution in [0.4, 0.5) is 5.69 Å². The lowest BCUT2D eigenvalue weighted by molar-refractivity contribution is -0.116. The van der Waals surface area contributed by atoms with E-state index in [0.717, 1.165) is 37.7 Å². The number of anilines is 1. The third-order valence-electron chi connectivity index (χ3n) is 3.71. The second-order valence-corrected chi connectivity index (χ2v) is 5.73. The number of nitriles is 1. The van der Waals surface area contributed by atoms with Crippen LogP contribution in [-0.2, 0) is 4.79 Å². The standard InChI is InChI=1S/C17H23N3O/c1-2-10-20(13-15-3-4-15)11-9-17(21)19-16-7-5-14(12-18)6-8-16/h5-8,15H,2-4,9-11,13H2,1H3,(H,19,21). The van der Waals surface area contributed by atoms with Gasteiger partial charge in [-0.05, 0) is 56.0 Å². The van der Waals surface area contributed by atoms with Crippen molar-refractivity contribution in [3.8, 4) is 6.07 Å². The van der Waals surface area contributed by atoms with Crippen LogP contribution in [0.3, 0.4) is 0 Å². The molecule has 0 unspecified atom stereocenters. The van der Waals surface area contributed by atoms with Crippen LogP contribution in [-0.4, -0.2) is 30.4 Å². The Hall–Kier alpha value is -1.86. The summed E-state index contributed by atoms with van der Waals surface area (Å²) in [6.45, 7) is 5.21. The largest absolute Gasteiger partial charge is 0.326 e. The normalized spacial score (nSPS) is 14.0. The molecule has 0 aliphatic heterocycles. The molecule has 0 aromatic heterocycles.